The van der Waals surface area contributed by atoms with Crippen molar-refractivity contribution in [3.63, 3.8) is 0 Å². The number of pyridine rings is 1. The van der Waals surface area contributed by atoms with Crippen LogP contribution in [0.3, 0.4) is 0 Å². The molecule has 30 heavy (non-hydrogen) atoms. The first-order valence-corrected chi connectivity index (χ1v) is 9.73. The molecule has 0 spiro atoms. The number of aromatic nitrogens is 1. The monoisotopic (exact) mass is 467 g/mol. The Kier molecular flexibility index (Phi) is 7.20. The minimum absolute atomic E-state index is 0.0216. The van der Waals surface area contributed by atoms with Gasteiger partial charge in [-0.2, -0.15) is 13.3 Å². The number of hydrogen-bond acceptors (Lipinski definition) is 3. The van der Waals surface area contributed by atoms with Gasteiger partial charge in [-0.3, -0.25) is 0 Å². The van der Waals surface area contributed by atoms with Crippen molar-refractivity contribution in [2.45, 2.75) is 6.61 Å². The van der Waals surface area contributed by atoms with Gasteiger partial charge < -0.3 is 15.2 Å². The number of hydrogen-bond donors (Lipinski definition) is 2. The van der Waals surface area contributed by atoms with E-state index in [0.717, 1.165) is 0 Å². The molecule has 3 rings (SSSR count). The molecule has 0 fully saturated rings. The van der Waals surface area contributed by atoms with E-state index in [2.05, 4.69) is 10.1 Å². The van der Waals surface area contributed by atoms with E-state index in [0.29, 0.717) is 16.3 Å². The molecule has 0 bridgehead atoms. The topological polar surface area (TPSA) is 45.4 Å². The lowest BCUT2D eigenvalue weighted by Crippen LogP contribution is -2.38. The number of halogens is 4. The number of ether oxygens (including phenoxy) is 1. The number of rotatable bonds is 6. The second-order valence-corrected chi connectivity index (χ2v) is 7.19. The van der Waals surface area contributed by atoms with Gasteiger partial charge in [0.05, 0.1) is 10.0 Å². The number of thiocarbonyl (C=S) groups is 1. The molecule has 0 aliphatic carbocycles. The van der Waals surface area contributed by atoms with Crippen molar-refractivity contribution in [3.8, 4) is 5.75 Å². The average Bonchev–Trinajstić information content (AvgIpc) is 2.72. The van der Waals surface area contributed by atoms with E-state index >= 15 is 0 Å². The molecule has 0 radical (unpaired) electrons. The standard InChI is InChI=1S/C21H14Cl2F2N2O2S/c22-16-9-4-13(12-17(16)23)19(28)18(27-10-2-1-3-11-27)20(30)26-14-5-7-15(8-6-14)29-21(24)25/h1-12,21H,(H-,26,28,30)/p+1. The summed E-state index contributed by atoms with van der Waals surface area (Å²) in [5, 5.41) is 14.6. The molecular weight excluding hydrogens is 453 g/mol. The highest BCUT2D eigenvalue weighted by atomic mass is 35.5. The van der Waals surface area contributed by atoms with Crippen molar-refractivity contribution in [2.24, 2.45) is 0 Å². The molecule has 0 amide bonds. The summed E-state index contributed by atoms with van der Waals surface area (Å²) in [7, 11) is 0. The highest BCUT2D eigenvalue weighted by Gasteiger charge is 2.24. The van der Waals surface area contributed by atoms with Crippen molar-refractivity contribution in [2.75, 3.05) is 5.32 Å². The van der Waals surface area contributed by atoms with Gasteiger partial charge in [0.2, 0.25) is 0 Å². The van der Waals surface area contributed by atoms with E-state index in [4.69, 9.17) is 35.4 Å². The molecule has 0 aliphatic heterocycles. The minimum Gasteiger partial charge on any atom is -0.502 e. The second kappa shape index (κ2) is 9.84. The van der Waals surface area contributed by atoms with Crippen molar-refractivity contribution < 1.29 is 23.2 Å². The molecule has 3 aromatic rings. The highest BCUT2D eigenvalue weighted by Crippen LogP contribution is 2.27. The van der Waals surface area contributed by atoms with Gasteiger partial charge in [-0.05, 0) is 42.5 Å². The van der Waals surface area contributed by atoms with Gasteiger partial charge in [-0.1, -0.05) is 41.5 Å². The van der Waals surface area contributed by atoms with Crippen molar-refractivity contribution in [3.05, 3.63) is 88.7 Å². The summed E-state index contributed by atoms with van der Waals surface area (Å²) in [6.45, 7) is -2.91. The van der Waals surface area contributed by atoms with E-state index in [9.17, 15) is 13.9 Å². The lowest BCUT2D eigenvalue weighted by molar-refractivity contribution is -0.575. The molecule has 0 atom stereocenters. The Morgan fingerprint density at radius 2 is 1.67 bits per heavy atom. The summed E-state index contributed by atoms with van der Waals surface area (Å²) in [6.07, 6.45) is 3.44. The zero-order valence-electron chi connectivity index (χ0n) is 15.2. The molecule has 0 unspecified atom stereocenters. The fourth-order valence-corrected chi connectivity index (χ4v) is 3.20. The molecule has 2 aromatic carbocycles. The maximum Gasteiger partial charge on any atom is 0.387 e. The van der Waals surface area contributed by atoms with E-state index in [1.54, 1.807) is 41.2 Å². The molecule has 0 saturated heterocycles. The molecule has 154 valence electrons. The van der Waals surface area contributed by atoms with Crippen molar-refractivity contribution >= 4 is 57.6 Å². The molecule has 9 heteroatoms. The maximum atomic E-state index is 12.3. The van der Waals surface area contributed by atoms with Gasteiger partial charge in [0.1, 0.15) is 5.75 Å². The third kappa shape index (κ3) is 5.44. The number of nitrogens with one attached hydrogen (secondary N) is 1. The number of aliphatic hydroxyl groups excluding tert-OH is 1. The van der Waals surface area contributed by atoms with Gasteiger partial charge in [-0.25, -0.2) is 0 Å². The van der Waals surface area contributed by atoms with Crippen LogP contribution in [0.1, 0.15) is 5.56 Å². The first kappa shape index (κ1) is 22.0. The molecular formula is C21H15Cl2F2N2O2S+. The maximum absolute atomic E-state index is 12.3. The number of anilines is 1. The van der Waals surface area contributed by atoms with Gasteiger partial charge in [0.15, 0.2) is 23.1 Å². The third-order valence-corrected chi connectivity index (χ3v) is 4.98. The van der Waals surface area contributed by atoms with E-state index in [1.807, 2.05) is 6.07 Å². The molecule has 0 saturated carbocycles. The van der Waals surface area contributed by atoms with Crippen LogP contribution >= 0.6 is 35.4 Å². The summed E-state index contributed by atoms with van der Waals surface area (Å²) in [6, 6.07) is 15.9. The largest absolute Gasteiger partial charge is 0.502 e. The lowest BCUT2D eigenvalue weighted by atomic mass is 10.1. The first-order valence-electron chi connectivity index (χ1n) is 8.56. The number of aliphatic hydroxyl groups is 1. The van der Waals surface area contributed by atoms with Gasteiger partial charge in [-0.15, -0.1) is 0 Å². The first-order chi connectivity index (χ1) is 14.3. The summed E-state index contributed by atoms with van der Waals surface area (Å²) in [5.41, 5.74) is 1.23. The van der Waals surface area contributed by atoms with Crippen LogP contribution in [0.15, 0.2) is 73.1 Å². The normalized spacial score (nSPS) is 11.8. The highest BCUT2D eigenvalue weighted by molar-refractivity contribution is 7.81. The average molecular weight is 468 g/mol. The number of alkyl halides is 2. The van der Waals surface area contributed by atoms with Gasteiger partial charge in [0, 0.05) is 23.4 Å². The molecule has 1 heterocycles. The Morgan fingerprint density at radius 1 is 1.00 bits per heavy atom. The Bertz CT molecular complexity index is 1080. The number of benzene rings is 2. The summed E-state index contributed by atoms with van der Waals surface area (Å²) in [4.78, 5) is 0.192. The molecule has 4 nitrogen and oxygen atoms in total. The van der Waals surface area contributed by atoms with Crippen LogP contribution in [-0.2, 0) is 0 Å². The van der Waals surface area contributed by atoms with Crippen molar-refractivity contribution in [1.82, 2.24) is 0 Å². The SMILES string of the molecule is O/C(=C(/C(=S)Nc1ccc(OC(F)F)cc1)[n+]1ccccc1)c1ccc(Cl)c(Cl)c1. The van der Waals surface area contributed by atoms with Crippen molar-refractivity contribution in [1.29, 1.82) is 0 Å². The fourth-order valence-electron chi connectivity index (χ4n) is 2.58. The zero-order chi connectivity index (χ0) is 21.7. The summed E-state index contributed by atoms with van der Waals surface area (Å²) in [5.74, 6) is -0.103. The van der Waals surface area contributed by atoms with E-state index < -0.39 is 6.61 Å². The molecule has 1 aromatic heterocycles. The summed E-state index contributed by atoms with van der Waals surface area (Å²) >= 11 is 17.6. The van der Waals surface area contributed by atoms with E-state index in [1.165, 1.54) is 30.3 Å². The van der Waals surface area contributed by atoms with Gasteiger partial charge in [0.25, 0.3) is 5.70 Å². The fraction of sp³-hybridized carbons (Fsp3) is 0.0476. The zero-order valence-corrected chi connectivity index (χ0v) is 17.6. The second-order valence-electron chi connectivity index (χ2n) is 5.97. The Hall–Kier alpha value is -2.74. The van der Waals surface area contributed by atoms with Crippen LogP contribution in [-0.4, -0.2) is 16.7 Å². The predicted octanol–water partition coefficient (Wildman–Crippen LogP) is 6.21. The van der Waals surface area contributed by atoms with Crippen LogP contribution in [0.25, 0.3) is 11.5 Å². The van der Waals surface area contributed by atoms with Crippen LogP contribution in [0.2, 0.25) is 10.0 Å². The third-order valence-electron chi connectivity index (χ3n) is 3.94. The van der Waals surface area contributed by atoms with E-state index in [-0.39, 0.29) is 27.2 Å². The Balaban J connectivity index is 1.96. The van der Waals surface area contributed by atoms with Crippen LogP contribution in [0.4, 0.5) is 14.5 Å². The molecule has 2 N–H and O–H groups in total. The van der Waals surface area contributed by atoms with Crippen LogP contribution in [0.5, 0.6) is 5.75 Å². The Labute approximate surface area is 186 Å². The molecule has 0 aliphatic rings. The summed E-state index contributed by atoms with van der Waals surface area (Å²) < 4.78 is 30.6. The Morgan fingerprint density at radius 3 is 2.27 bits per heavy atom. The quantitative estimate of drug-likeness (QED) is 0.196. The van der Waals surface area contributed by atoms with Gasteiger partial charge >= 0.3 is 6.61 Å². The smallest absolute Gasteiger partial charge is 0.387 e. The lowest BCUT2D eigenvalue weighted by Gasteiger charge is -2.11. The minimum atomic E-state index is -2.91. The van der Waals surface area contributed by atoms with Crippen LogP contribution in [0, 0.1) is 0 Å². The predicted molar refractivity (Wildman–Crippen MR) is 118 cm³/mol. The number of nitrogens with zero attached hydrogens (tertiary/aromatic N) is 1. The van der Waals surface area contributed by atoms with Crippen LogP contribution < -0.4 is 14.6 Å².